The summed E-state index contributed by atoms with van der Waals surface area (Å²) in [7, 11) is 0. The molecule has 0 aromatic rings. The summed E-state index contributed by atoms with van der Waals surface area (Å²) in [6, 6.07) is 0. The van der Waals surface area contributed by atoms with Gasteiger partial charge in [0.15, 0.2) is 0 Å². The Morgan fingerprint density at radius 2 is 1.80 bits per heavy atom. The first-order valence-corrected chi connectivity index (χ1v) is 1.55. The van der Waals surface area contributed by atoms with Gasteiger partial charge in [0.1, 0.15) is 0 Å². The summed E-state index contributed by atoms with van der Waals surface area (Å²) in [6.07, 6.45) is 0. The van der Waals surface area contributed by atoms with E-state index in [4.69, 9.17) is 13.3 Å². The van der Waals surface area contributed by atoms with Gasteiger partial charge in [-0.05, 0) is 0 Å². The molecule has 1 unspecified atom stereocenters. The van der Waals surface area contributed by atoms with Crippen molar-refractivity contribution in [3.63, 3.8) is 0 Å². The second-order valence-corrected chi connectivity index (χ2v) is 0.651. The van der Waals surface area contributed by atoms with Crippen LogP contribution in [0.25, 0.3) is 0 Å². The molecule has 0 bridgehead atoms. The molecule has 0 amide bonds. The van der Waals surface area contributed by atoms with Crippen molar-refractivity contribution in [1.82, 2.24) is 0 Å². The predicted octanol–water partition coefficient (Wildman–Crippen LogP) is -0.664. The Bertz CT molecular complexity index is 29.9. The molecule has 0 aromatic heterocycles. The first-order valence-electron chi connectivity index (χ1n) is 0.516. The minimum atomic E-state index is -2.86. The van der Waals surface area contributed by atoms with Gasteiger partial charge < -0.3 is 9.11 Å². The number of hydrogen-bond donors (Lipinski definition) is 1. The standard InChI is InChI=1S/H2O3S.Rh/c1-4(2)3;/h(H2,1,2,3);/p-1. The third-order valence-electron chi connectivity index (χ3n) is 0. The molecule has 0 rings (SSSR count). The summed E-state index contributed by atoms with van der Waals surface area (Å²) in [5, 5.41) is 0. The maximum absolute atomic E-state index is 8.56. The van der Waals surface area contributed by atoms with Crippen LogP contribution in [0.2, 0.25) is 0 Å². The third kappa shape index (κ3) is 70.8. The molecule has 5 heteroatoms. The van der Waals surface area contributed by atoms with Crippen molar-refractivity contribution >= 4 is 11.4 Å². The Hall–Kier alpha value is 0.693. The minimum Gasteiger partial charge on any atom is -0.750 e. The predicted molar refractivity (Wildman–Crippen MR) is 11.5 cm³/mol. The van der Waals surface area contributed by atoms with Crippen molar-refractivity contribution in [2.24, 2.45) is 0 Å². The van der Waals surface area contributed by atoms with Gasteiger partial charge in [0.25, 0.3) is 0 Å². The molecule has 0 aromatic carbocycles. The zero-order valence-corrected chi connectivity index (χ0v) is 4.46. The topological polar surface area (TPSA) is 60.4 Å². The van der Waals surface area contributed by atoms with E-state index in [9.17, 15) is 0 Å². The zero-order chi connectivity index (χ0) is 3.58. The van der Waals surface area contributed by atoms with Gasteiger partial charge in [-0.2, -0.15) is 0 Å². The van der Waals surface area contributed by atoms with Crippen LogP contribution >= 0.6 is 0 Å². The van der Waals surface area contributed by atoms with Gasteiger partial charge in [-0.1, -0.05) is 0 Å². The first-order chi connectivity index (χ1) is 1.73. The molecule has 0 spiro atoms. The largest absolute Gasteiger partial charge is 0.750 e. The van der Waals surface area contributed by atoms with Crippen molar-refractivity contribution in [2.45, 2.75) is 0 Å². The molecule has 0 aliphatic carbocycles. The Labute approximate surface area is 44.6 Å². The Balaban J connectivity index is 0. The Kier molecular flexibility index (Phi) is 8.63. The van der Waals surface area contributed by atoms with Gasteiger partial charge in [-0.3, -0.25) is 0 Å². The number of rotatable bonds is 0. The smallest absolute Gasteiger partial charge is 0.0814 e. The maximum Gasteiger partial charge on any atom is 0.0814 e. The van der Waals surface area contributed by atoms with E-state index in [1.165, 1.54) is 0 Å². The average Bonchev–Trinajstić information content (AvgIpc) is 0.811. The van der Waals surface area contributed by atoms with E-state index in [1.807, 2.05) is 0 Å². The maximum atomic E-state index is 8.56. The second-order valence-electron chi connectivity index (χ2n) is 0.217. The molecule has 5 heavy (non-hydrogen) atoms. The third-order valence-corrected chi connectivity index (χ3v) is 0. The van der Waals surface area contributed by atoms with E-state index in [-0.39, 0.29) is 19.5 Å². The molecule has 35 valence electrons. The molecule has 0 aliphatic heterocycles. The van der Waals surface area contributed by atoms with E-state index < -0.39 is 11.4 Å². The normalized spacial score (nSPS) is 12.4. The summed E-state index contributed by atoms with van der Waals surface area (Å²) in [5.41, 5.74) is 0. The van der Waals surface area contributed by atoms with Crippen molar-refractivity contribution in [2.75, 3.05) is 0 Å². The molecule has 3 nitrogen and oxygen atoms in total. The van der Waals surface area contributed by atoms with Gasteiger partial charge in [-0.25, -0.2) is 4.21 Å². The van der Waals surface area contributed by atoms with Gasteiger partial charge in [0.2, 0.25) is 0 Å². The Morgan fingerprint density at radius 1 is 1.80 bits per heavy atom. The average molecular weight is 184 g/mol. The summed E-state index contributed by atoms with van der Waals surface area (Å²) in [4.78, 5) is 0. The quantitative estimate of drug-likeness (QED) is 0.401. The molecule has 0 saturated heterocycles. The van der Waals surface area contributed by atoms with Crippen LogP contribution in [-0.4, -0.2) is 13.3 Å². The molecule has 0 fully saturated rings. The van der Waals surface area contributed by atoms with Crippen LogP contribution in [0.5, 0.6) is 0 Å². The van der Waals surface area contributed by atoms with Crippen LogP contribution in [0.1, 0.15) is 0 Å². The Morgan fingerprint density at radius 3 is 1.80 bits per heavy atom. The van der Waals surface area contributed by atoms with Crippen molar-refractivity contribution in [1.29, 1.82) is 0 Å². The van der Waals surface area contributed by atoms with E-state index in [0.717, 1.165) is 0 Å². The van der Waals surface area contributed by atoms with Gasteiger partial charge >= 0.3 is 0 Å². The molecule has 1 atom stereocenters. The summed E-state index contributed by atoms with van der Waals surface area (Å²) < 4.78 is 24.1. The van der Waals surface area contributed by atoms with Crippen LogP contribution in [0.4, 0.5) is 0 Å². The van der Waals surface area contributed by atoms with Gasteiger partial charge in [-0.15, -0.1) is 0 Å². The van der Waals surface area contributed by atoms with Crippen LogP contribution in [0, 0.1) is 0 Å². The van der Waals surface area contributed by atoms with E-state index in [1.54, 1.807) is 0 Å². The summed E-state index contributed by atoms with van der Waals surface area (Å²) >= 11 is -2.86. The second kappa shape index (κ2) is 4.69. The monoisotopic (exact) mass is 184 g/mol. The minimum absolute atomic E-state index is 0. The molecule has 0 heterocycles. The molecule has 0 aliphatic rings. The molecule has 1 radical (unpaired) electrons. The van der Waals surface area contributed by atoms with Crippen molar-refractivity contribution in [3.8, 4) is 0 Å². The fraction of sp³-hybridized carbons (Fsp3) is 0. The van der Waals surface area contributed by atoms with Gasteiger partial charge in [0, 0.05) is 19.5 Å². The van der Waals surface area contributed by atoms with Crippen LogP contribution in [0.3, 0.4) is 0 Å². The van der Waals surface area contributed by atoms with Crippen LogP contribution < -0.4 is 0 Å². The SMILES string of the molecule is O=S([O-])O.[Rh]. The fourth-order valence-corrected chi connectivity index (χ4v) is 0. The molecular weight excluding hydrogens is 183 g/mol. The summed E-state index contributed by atoms with van der Waals surface area (Å²) in [5.74, 6) is 0. The molecular formula is HO3RhS-. The van der Waals surface area contributed by atoms with Crippen molar-refractivity contribution in [3.05, 3.63) is 0 Å². The van der Waals surface area contributed by atoms with Crippen LogP contribution in [-0.2, 0) is 30.8 Å². The molecule has 1 N–H and O–H groups in total. The van der Waals surface area contributed by atoms with Crippen molar-refractivity contribution < 1.29 is 32.8 Å². The molecule has 0 saturated carbocycles. The van der Waals surface area contributed by atoms with E-state index in [0.29, 0.717) is 0 Å². The fourth-order valence-electron chi connectivity index (χ4n) is 0. The van der Waals surface area contributed by atoms with E-state index in [2.05, 4.69) is 0 Å². The number of hydrogen-bond acceptors (Lipinski definition) is 2. The first kappa shape index (κ1) is 9.19. The van der Waals surface area contributed by atoms with E-state index >= 15 is 0 Å². The van der Waals surface area contributed by atoms with Gasteiger partial charge in [0.05, 0.1) is 11.4 Å². The summed E-state index contributed by atoms with van der Waals surface area (Å²) in [6.45, 7) is 0. The van der Waals surface area contributed by atoms with Crippen LogP contribution in [0.15, 0.2) is 0 Å². The zero-order valence-electron chi connectivity index (χ0n) is 2.01.